The maximum absolute atomic E-state index is 13.1. The van der Waals surface area contributed by atoms with Crippen LogP contribution in [0.3, 0.4) is 0 Å². The molecule has 0 N–H and O–H groups in total. The summed E-state index contributed by atoms with van der Waals surface area (Å²) in [4.78, 5) is 12.1. The van der Waals surface area contributed by atoms with Gasteiger partial charge in [0.25, 0.3) is 0 Å². The first-order valence-corrected chi connectivity index (χ1v) is 14.8. The van der Waals surface area contributed by atoms with Crippen LogP contribution in [-0.4, -0.2) is 23.3 Å². The molecule has 8 heteroatoms. The number of thioether (sulfide) groups is 1. The van der Waals surface area contributed by atoms with Crippen LogP contribution in [-0.2, 0) is 20.9 Å². The van der Waals surface area contributed by atoms with E-state index in [1.807, 2.05) is 76.7 Å². The predicted molar refractivity (Wildman–Crippen MR) is 167 cm³/mol. The minimum Gasteiger partial charge on any atom is -0.461 e. The van der Waals surface area contributed by atoms with Crippen molar-refractivity contribution >= 4 is 55.8 Å². The number of carbonyl (C=O) groups is 1. The molecule has 0 saturated heterocycles. The summed E-state index contributed by atoms with van der Waals surface area (Å²) >= 11 is 4.90. The molecular formula is C32H27BrN4O2S. The molecule has 2 aliphatic heterocycles. The van der Waals surface area contributed by atoms with Gasteiger partial charge in [-0.05, 0) is 67.1 Å². The average molecular weight is 612 g/mol. The Labute approximate surface area is 246 Å². The Balaban J connectivity index is 1.62. The molecule has 1 spiro atoms. The first kappa shape index (κ1) is 26.3. The standard InChI is InChI=1S/C32H27BrN4O2S/c1-3-22-14-16-23(17-15-22)29-27-12-8-9-13-28(27)32(36(34-29)25-10-6-5-7-11-25)37(26-20-18-24(33)19-21-26)35-30(40-32)31(38)39-4-2/h5-21H,3-4H2,1-2H3. The number of ether oxygens (including phenoxy) is 1. The fourth-order valence-electron chi connectivity index (χ4n) is 4.97. The molecule has 4 aromatic rings. The van der Waals surface area contributed by atoms with Gasteiger partial charge in [0.2, 0.25) is 10.0 Å². The quantitative estimate of drug-likeness (QED) is 0.211. The van der Waals surface area contributed by atoms with Crippen LogP contribution in [0.2, 0.25) is 0 Å². The van der Waals surface area contributed by atoms with Crippen molar-refractivity contribution < 1.29 is 9.53 Å². The summed E-state index contributed by atoms with van der Waals surface area (Å²) in [6.07, 6.45) is 0.968. The number of anilines is 2. The maximum Gasteiger partial charge on any atom is 0.365 e. The third-order valence-corrected chi connectivity index (χ3v) is 8.72. The lowest BCUT2D eigenvalue weighted by Gasteiger charge is -2.47. The zero-order valence-corrected chi connectivity index (χ0v) is 24.5. The smallest absolute Gasteiger partial charge is 0.365 e. The van der Waals surface area contributed by atoms with Crippen molar-refractivity contribution in [3.63, 3.8) is 0 Å². The van der Waals surface area contributed by atoms with Crippen LogP contribution in [0.1, 0.15) is 36.1 Å². The number of benzene rings is 4. The van der Waals surface area contributed by atoms with E-state index in [9.17, 15) is 4.79 Å². The van der Waals surface area contributed by atoms with Crippen molar-refractivity contribution in [1.29, 1.82) is 0 Å². The zero-order chi connectivity index (χ0) is 27.7. The third kappa shape index (κ3) is 4.51. The maximum atomic E-state index is 13.1. The van der Waals surface area contributed by atoms with Crippen LogP contribution >= 0.6 is 27.7 Å². The Hall–Kier alpha value is -3.88. The largest absolute Gasteiger partial charge is 0.461 e. The second-order valence-electron chi connectivity index (χ2n) is 9.32. The lowest BCUT2D eigenvalue weighted by atomic mass is 9.92. The fourth-order valence-corrected chi connectivity index (χ4v) is 6.52. The lowest BCUT2D eigenvalue weighted by molar-refractivity contribution is -0.134. The van der Waals surface area contributed by atoms with Crippen molar-refractivity contribution in [2.75, 3.05) is 16.6 Å². The number of hydrogen-bond acceptors (Lipinski definition) is 7. The van der Waals surface area contributed by atoms with Crippen molar-refractivity contribution in [3.8, 4) is 0 Å². The molecule has 4 aromatic carbocycles. The van der Waals surface area contributed by atoms with Gasteiger partial charge in [-0.25, -0.2) is 14.8 Å². The van der Waals surface area contributed by atoms with Crippen LogP contribution in [0, 0.1) is 0 Å². The summed E-state index contributed by atoms with van der Waals surface area (Å²) in [5.41, 5.74) is 6.78. The van der Waals surface area contributed by atoms with Crippen LogP contribution < -0.4 is 10.0 Å². The van der Waals surface area contributed by atoms with Crippen LogP contribution in [0.15, 0.2) is 118 Å². The number of hydrazone groups is 2. The monoisotopic (exact) mass is 610 g/mol. The van der Waals surface area contributed by atoms with Gasteiger partial charge in [-0.1, -0.05) is 89.6 Å². The summed E-state index contributed by atoms with van der Waals surface area (Å²) in [6, 6.07) is 34.7. The lowest BCUT2D eigenvalue weighted by Crippen LogP contribution is -2.54. The van der Waals surface area contributed by atoms with E-state index in [0.29, 0.717) is 0 Å². The molecule has 40 heavy (non-hydrogen) atoms. The molecule has 2 heterocycles. The number of carbonyl (C=O) groups excluding carboxylic acids is 1. The van der Waals surface area contributed by atoms with Crippen molar-refractivity contribution in [1.82, 2.24) is 0 Å². The number of hydrogen-bond donors (Lipinski definition) is 0. The van der Waals surface area contributed by atoms with E-state index < -0.39 is 11.0 Å². The number of aryl methyl sites for hydroxylation is 1. The summed E-state index contributed by atoms with van der Waals surface area (Å²) in [6.45, 7) is 4.21. The summed E-state index contributed by atoms with van der Waals surface area (Å²) in [5.74, 6) is -0.457. The second-order valence-corrected chi connectivity index (χ2v) is 11.4. The van der Waals surface area contributed by atoms with Gasteiger partial charge in [0.05, 0.1) is 23.7 Å². The highest BCUT2D eigenvalue weighted by atomic mass is 79.9. The molecule has 1 unspecified atom stereocenters. The molecule has 0 aromatic heterocycles. The molecule has 0 saturated carbocycles. The van der Waals surface area contributed by atoms with Gasteiger partial charge in [0, 0.05) is 21.2 Å². The first-order valence-electron chi connectivity index (χ1n) is 13.2. The van der Waals surface area contributed by atoms with Crippen molar-refractivity contribution in [2.45, 2.75) is 25.3 Å². The minimum atomic E-state index is -1.03. The van der Waals surface area contributed by atoms with E-state index in [0.717, 1.165) is 44.7 Å². The van der Waals surface area contributed by atoms with E-state index >= 15 is 0 Å². The molecule has 0 radical (unpaired) electrons. The predicted octanol–water partition coefficient (Wildman–Crippen LogP) is 7.52. The van der Waals surface area contributed by atoms with Gasteiger partial charge in [-0.15, -0.1) is 0 Å². The van der Waals surface area contributed by atoms with E-state index in [2.05, 4.69) is 59.3 Å². The Morgan fingerprint density at radius 2 is 1.48 bits per heavy atom. The van der Waals surface area contributed by atoms with E-state index in [-0.39, 0.29) is 11.7 Å². The number of esters is 1. The fraction of sp³-hybridized carbons (Fsp3) is 0.156. The molecular weight excluding hydrogens is 584 g/mol. The molecule has 0 aliphatic carbocycles. The van der Waals surface area contributed by atoms with E-state index in [1.165, 1.54) is 17.3 Å². The van der Waals surface area contributed by atoms with E-state index in [1.54, 1.807) is 6.92 Å². The number of halogens is 1. The molecule has 2 aliphatic rings. The van der Waals surface area contributed by atoms with Crippen molar-refractivity contribution in [3.05, 3.63) is 130 Å². The molecule has 0 fully saturated rings. The highest BCUT2D eigenvalue weighted by molar-refractivity contribution is 9.10. The Kier molecular flexibility index (Phi) is 7.21. The average Bonchev–Trinajstić information content (AvgIpc) is 3.39. The summed E-state index contributed by atoms with van der Waals surface area (Å²) < 4.78 is 6.38. The number of rotatable bonds is 6. The number of nitrogens with zero attached hydrogens (tertiary/aromatic N) is 4. The van der Waals surface area contributed by atoms with Crippen molar-refractivity contribution in [2.24, 2.45) is 10.2 Å². The highest BCUT2D eigenvalue weighted by Crippen LogP contribution is 2.55. The zero-order valence-electron chi connectivity index (χ0n) is 22.1. The van der Waals surface area contributed by atoms with Crippen LogP contribution in [0.5, 0.6) is 0 Å². The Morgan fingerprint density at radius 1 is 0.825 bits per heavy atom. The van der Waals surface area contributed by atoms with Gasteiger partial charge in [-0.3, -0.25) is 0 Å². The van der Waals surface area contributed by atoms with Gasteiger partial charge in [-0.2, -0.15) is 10.2 Å². The Bertz CT molecular complexity index is 1610. The molecule has 6 rings (SSSR count). The molecule has 1 atom stereocenters. The van der Waals surface area contributed by atoms with Gasteiger partial charge >= 0.3 is 5.97 Å². The SMILES string of the molecule is CCOC(=O)C1=NN(c2ccc(Br)cc2)C2(S1)c1ccccc1C(c1ccc(CC)cc1)=NN2c1ccccc1. The van der Waals surface area contributed by atoms with Crippen LogP contribution in [0.25, 0.3) is 0 Å². The van der Waals surface area contributed by atoms with Gasteiger partial charge < -0.3 is 4.74 Å². The molecule has 200 valence electrons. The number of para-hydroxylation sites is 1. The van der Waals surface area contributed by atoms with Crippen LogP contribution in [0.4, 0.5) is 11.4 Å². The third-order valence-electron chi connectivity index (χ3n) is 6.89. The molecule has 0 amide bonds. The highest BCUT2D eigenvalue weighted by Gasteiger charge is 2.56. The normalized spacial score (nSPS) is 17.9. The summed E-state index contributed by atoms with van der Waals surface area (Å²) in [5, 5.41) is 14.4. The molecule has 6 nitrogen and oxygen atoms in total. The first-order chi connectivity index (χ1) is 19.5. The minimum absolute atomic E-state index is 0.263. The van der Waals surface area contributed by atoms with Gasteiger partial charge in [0.15, 0.2) is 0 Å². The Morgan fingerprint density at radius 3 is 2.17 bits per heavy atom. The molecule has 0 bridgehead atoms. The topological polar surface area (TPSA) is 57.5 Å². The van der Waals surface area contributed by atoms with Gasteiger partial charge in [0.1, 0.15) is 0 Å². The van der Waals surface area contributed by atoms with E-state index in [4.69, 9.17) is 14.9 Å². The number of fused-ring (bicyclic) bond motifs is 2. The summed E-state index contributed by atoms with van der Waals surface area (Å²) in [7, 11) is 0. The second kappa shape index (κ2) is 10.9.